The summed E-state index contributed by atoms with van der Waals surface area (Å²) in [6.07, 6.45) is 4.94. The molecule has 0 atom stereocenters. The van der Waals surface area contributed by atoms with Crippen LogP contribution in [0.4, 0.5) is 0 Å². The molecule has 1 aromatic heterocycles. The van der Waals surface area contributed by atoms with E-state index in [1.807, 2.05) is 28.3 Å². The SMILES string of the molecule is CN(CC(=O)N1CCCC1)Cc1sccc1C=CC(=O)O. The molecule has 0 spiro atoms. The number of carboxylic acids is 1. The molecule has 1 N–H and O–H groups in total. The van der Waals surface area contributed by atoms with Crippen molar-refractivity contribution >= 4 is 29.3 Å². The van der Waals surface area contributed by atoms with Gasteiger partial charge in [-0.2, -0.15) is 0 Å². The van der Waals surface area contributed by atoms with Crippen LogP contribution in [0, 0.1) is 0 Å². The molecule has 0 saturated carbocycles. The number of likely N-dealkylation sites (N-methyl/N-ethyl adjacent to an activating group) is 1. The highest BCUT2D eigenvalue weighted by Gasteiger charge is 2.19. The number of carboxylic acid groups (broad SMARTS) is 1. The van der Waals surface area contributed by atoms with Crippen molar-refractivity contribution in [2.75, 3.05) is 26.7 Å². The predicted molar refractivity (Wildman–Crippen MR) is 83.1 cm³/mol. The normalized spacial score (nSPS) is 15.2. The van der Waals surface area contributed by atoms with E-state index in [9.17, 15) is 9.59 Å². The summed E-state index contributed by atoms with van der Waals surface area (Å²) in [5, 5.41) is 10.6. The predicted octanol–water partition coefficient (Wildman–Crippen LogP) is 1.90. The monoisotopic (exact) mass is 308 g/mol. The van der Waals surface area contributed by atoms with Crippen molar-refractivity contribution in [1.29, 1.82) is 0 Å². The fourth-order valence-corrected chi connectivity index (χ4v) is 3.33. The lowest BCUT2D eigenvalue weighted by Gasteiger charge is -2.21. The Hall–Kier alpha value is -1.66. The van der Waals surface area contributed by atoms with E-state index in [-0.39, 0.29) is 5.91 Å². The van der Waals surface area contributed by atoms with Crippen LogP contribution < -0.4 is 0 Å². The first kappa shape index (κ1) is 15.7. The third-order valence-electron chi connectivity index (χ3n) is 3.46. The van der Waals surface area contributed by atoms with E-state index in [1.165, 1.54) is 0 Å². The van der Waals surface area contributed by atoms with Crippen LogP contribution in [-0.2, 0) is 16.1 Å². The number of hydrogen-bond donors (Lipinski definition) is 1. The molecule has 1 aliphatic rings. The Labute approximate surface area is 128 Å². The van der Waals surface area contributed by atoms with Crippen molar-refractivity contribution in [3.05, 3.63) is 28.0 Å². The molecule has 2 rings (SSSR count). The second-order valence-electron chi connectivity index (χ2n) is 5.23. The van der Waals surface area contributed by atoms with E-state index in [1.54, 1.807) is 17.4 Å². The van der Waals surface area contributed by atoms with E-state index in [0.717, 1.165) is 42.4 Å². The maximum absolute atomic E-state index is 12.1. The lowest BCUT2D eigenvalue weighted by atomic mass is 10.2. The van der Waals surface area contributed by atoms with Crippen LogP contribution >= 0.6 is 11.3 Å². The summed E-state index contributed by atoms with van der Waals surface area (Å²) in [5.74, 6) is -0.779. The fourth-order valence-electron chi connectivity index (χ4n) is 2.39. The maximum atomic E-state index is 12.1. The number of rotatable bonds is 6. The molecule has 0 radical (unpaired) electrons. The summed E-state index contributed by atoms with van der Waals surface area (Å²) in [4.78, 5) is 27.6. The van der Waals surface area contributed by atoms with Gasteiger partial charge in [-0.25, -0.2) is 4.79 Å². The number of carbonyl (C=O) groups excluding carboxylic acids is 1. The largest absolute Gasteiger partial charge is 0.478 e. The standard InChI is InChI=1S/C15H20N2O3S/c1-16(11-14(18)17-7-2-3-8-17)10-13-12(6-9-21-13)4-5-15(19)20/h4-6,9H,2-3,7-8,10-11H2,1H3,(H,19,20). The number of aliphatic carboxylic acids is 1. The number of thiophene rings is 1. The Morgan fingerprint density at radius 2 is 2.14 bits per heavy atom. The number of likely N-dealkylation sites (tertiary alicyclic amines) is 1. The molecule has 0 aliphatic carbocycles. The van der Waals surface area contributed by atoms with Crippen LogP contribution in [0.5, 0.6) is 0 Å². The van der Waals surface area contributed by atoms with Crippen molar-refractivity contribution < 1.29 is 14.7 Å². The number of hydrogen-bond acceptors (Lipinski definition) is 4. The summed E-state index contributed by atoms with van der Waals surface area (Å²) < 4.78 is 0. The molecule has 1 amide bonds. The summed E-state index contributed by atoms with van der Waals surface area (Å²) in [6, 6.07) is 1.90. The Morgan fingerprint density at radius 1 is 1.43 bits per heavy atom. The van der Waals surface area contributed by atoms with Crippen LogP contribution in [0.25, 0.3) is 6.08 Å². The zero-order chi connectivity index (χ0) is 15.2. The van der Waals surface area contributed by atoms with Crippen molar-refractivity contribution in [3.8, 4) is 0 Å². The van der Waals surface area contributed by atoms with Gasteiger partial charge in [-0.1, -0.05) is 0 Å². The Kier molecular flexibility index (Phi) is 5.52. The zero-order valence-electron chi connectivity index (χ0n) is 12.1. The molecule has 0 bridgehead atoms. The quantitative estimate of drug-likeness (QED) is 0.815. The van der Waals surface area contributed by atoms with Crippen LogP contribution in [0.3, 0.4) is 0 Å². The third kappa shape index (κ3) is 4.68. The average Bonchev–Trinajstić information content (AvgIpc) is 3.07. The van der Waals surface area contributed by atoms with Gasteiger partial charge < -0.3 is 10.0 Å². The Morgan fingerprint density at radius 3 is 2.81 bits per heavy atom. The van der Waals surface area contributed by atoms with Gasteiger partial charge in [0.15, 0.2) is 0 Å². The van der Waals surface area contributed by atoms with Crippen LogP contribution in [0.1, 0.15) is 23.3 Å². The molecule has 0 aromatic carbocycles. The van der Waals surface area contributed by atoms with E-state index in [0.29, 0.717) is 13.1 Å². The van der Waals surface area contributed by atoms with Gasteiger partial charge in [0.2, 0.25) is 5.91 Å². The molecule has 1 aromatic rings. The van der Waals surface area contributed by atoms with Gasteiger partial charge in [0, 0.05) is 30.6 Å². The molecular formula is C15H20N2O3S. The van der Waals surface area contributed by atoms with Gasteiger partial charge in [-0.3, -0.25) is 9.69 Å². The summed E-state index contributed by atoms with van der Waals surface area (Å²) in [5.41, 5.74) is 0.905. The van der Waals surface area contributed by atoms with Crippen LogP contribution in [0.15, 0.2) is 17.5 Å². The van der Waals surface area contributed by atoms with Gasteiger partial charge in [0.25, 0.3) is 0 Å². The van der Waals surface area contributed by atoms with Crippen molar-refractivity contribution in [2.45, 2.75) is 19.4 Å². The molecule has 21 heavy (non-hydrogen) atoms. The molecule has 1 saturated heterocycles. The van der Waals surface area contributed by atoms with Gasteiger partial charge in [0.05, 0.1) is 6.54 Å². The summed E-state index contributed by atoms with van der Waals surface area (Å²) >= 11 is 1.58. The number of carbonyl (C=O) groups is 2. The fraction of sp³-hybridized carbons (Fsp3) is 0.467. The molecule has 5 nitrogen and oxygen atoms in total. The average molecular weight is 308 g/mol. The molecule has 1 aliphatic heterocycles. The topological polar surface area (TPSA) is 60.9 Å². The van der Waals surface area contributed by atoms with Crippen molar-refractivity contribution in [3.63, 3.8) is 0 Å². The number of amides is 1. The highest BCUT2D eigenvalue weighted by Crippen LogP contribution is 2.20. The molecule has 1 fully saturated rings. The van der Waals surface area contributed by atoms with Gasteiger partial charge in [0.1, 0.15) is 0 Å². The molecular weight excluding hydrogens is 288 g/mol. The maximum Gasteiger partial charge on any atom is 0.328 e. The minimum atomic E-state index is -0.954. The van der Waals surface area contributed by atoms with E-state index < -0.39 is 5.97 Å². The van der Waals surface area contributed by atoms with E-state index in [4.69, 9.17) is 5.11 Å². The Balaban J connectivity index is 1.90. The zero-order valence-corrected chi connectivity index (χ0v) is 12.9. The van der Waals surface area contributed by atoms with Crippen LogP contribution in [-0.4, -0.2) is 53.5 Å². The van der Waals surface area contributed by atoms with Gasteiger partial charge in [-0.05, 0) is 43.0 Å². The van der Waals surface area contributed by atoms with Crippen molar-refractivity contribution in [1.82, 2.24) is 9.80 Å². The lowest BCUT2D eigenvalue weighted by Crippen LogP contribution is -2.36. The van der Waals surface area contributed by atoms with Gasteiger partial charge >= 0.3 is 5.97 Å². The van der Waals surface area contributed by atoms with Crippen molar-refractivity contribution in [2.24, 2.45) is 0 Å². The molecule has 2 heterocycles. The second-order valence-corrected chi connectivity index (χ2v) is 6.23. The highest BCUT2D eigenvalue weighted by atomic mass is 32.1. The first-order valence-electron chi connectivity index (χ1n) is 7.00. The van der Waals surface area contributed by atoms with E-state index in [2.05, 4.69) is 0 Å². The molecule has 6 heteroatoms. The number of nitrogens with zero attached hydrogens (tertiary/aromatic N) is 2. The van der Waals surface area contributed by atoms with Crippen LogP contribution in [0.2, 0.25) is 0 Å². The lowest BCUT2D eigenvalue weighted by molar-refractivity contribution is -0.132. The highest BCUT2D eigenvalue weighted by molar-refractivity contribution is 7.10. The molecule has 114 valence electrons. The van der Waals surface area contributed by atoms with Gasteiger partial charge in [-0.15, -0.1) is 11.3 Å². The molecule has 0 unspecified atom stereocenters. The second kappa shape index (κ2) is 7.38. The first-order chi connectivity index (χ1) is 10.1. The summed E-state index contributed by atoms with van der Waals surface area (Å²) in [7, 11) is 1.92. The third-order valence-corrected chi connectivity index (χ3v) is 4.38. The minimum Gasteiger partial charge on any atom is -0.478 e. The smallest absolute Gasteiger partial charge is 0.328 e. The van der Waals surface area contributed by atoms with E-state index >= 15 is 0 Å². The minimum absolute atomic E-state index is 0.175. The Bertz CT molecular complexity index is 533. The summed E-state index contributed by atoms with van der Waals surface area (Å²) in [6.45, 7) is 2.80. The first-order valence-corrected chi connectivity index (χ1v) is 7.88.